The summed E-state index contributed by atoms with van der Waals surface area (Å²) in [6.07, 6.45) is -1.67. The molecule has 0 N–H and O–H groups in total. The topological polar surface area (TPSA) is 12.4 Å². The number of isothiocyanates is 1. The summed E-state index contributed by atoms with van der Waals surface area (Å²) in [6.45, 7) is 5.36. The van der Waals surface area contributed by atoms with Gasteiger partial charge in [-0.25, -0.2) is 0 Å². The number of hydrogen-bond donors (Lipinski definition) is 0. The van der Waals surface area contributed by atoms with Crippen molar-refractivity contribution in [2.75, 3.05) is 6.66 Å². The molecule has 44 valence electrons. The van der Waals surface area contributed by atoms with Gasteiger partial charge in [-0.05, 0) is 24.7 Å². The highest BCUT2D eigenvalue weighted by Crippen LogP contribution is 2.43. The minimum Gasteiger partial charge on any atom is -0.196 e. The second-order valence-electron chi connectivity index (χ2n) is 1.32. The van der Waals surface area contributed by atoms with Crippen LogP contribution in [0.2, 0.25) is 0 Å². The van der Waals surface area contributed by atoms with Gasteiger partial charge < -0.3 is 0 Å². The number of thiocarbonyl (C=S) groups is 1. The van der Waals surface area contributed by atoms with E-state index in [9.17, 15) is 0 Å². The molecular formula is C4H6NPS2. The van der Waals surface area contributed by atoms with Crippen molar-refractivity contribution >= 4 is 35.4 Å². The molecule has 0 saturated carbocycles. The molecule has 0 amide bonds. The van der Waals surface area contributed by atoms with Crippen molar-refractivity contribution in [3.05, 3.63) is 12.4 Å². The van der Waals surface area contributed by atoms with Crippen LogP contribution < -0.4 is 0 Å². The fourth-order valence-electron chi connectivity index (χ4n) is 0.122. The van der Waals surface area contributed by atoms with Crippen LogP contribution in [0.15, 0.2) is 17.2 Å². The Kier molecular flexibility index (Phi) is 3.34. The first kappa shape index (κ1) is 8.19. The number of rotatable bonds is 2. The highest BCUT2D eigenvalue weighted by atomic mass is 32.4. The van der Waals surface area contributed by atoms with Gasteiger partial charge in [-0.15, -0.1) is 0 Å². The van der Waals surface area contributed by atoms with Crippen molar-refractivity contribution < 1.29 is 0 Å². The molecule has 1 nitrogen and oxygen atoms in total. The van der Waals surface area contributed by atoms with Crippen molar-refractivity contribution in [3.8, 4) is 0 Å². The molecule has 0 aliphatic carbocycles. The van der Waals surface area contributed by atoms with Crippen LogP contribution in [-0.2, 0) is 11.8 Å². The van der Waals surface area contributed by atoms with Crippen LogP contribution in [0.3, 0.4) is 0 Å². The van der Waals surface area contributed by atoms with E-state index in [0.717, 1.165) is 0 Å². The van der Waals surface area contributed by atoms with Gasteiger partial charge in [-0.1, -0.05) is 18.4 Å². The van der Waals surface area contributed by atoms with Crippen molar-refractivity contribution in [2.45, 2.75) is 0 Å². The van der Waals surface area contributed by atoms with Gasteiger partial charge in [0.25, 0.3) is 0 Å². The summed E-state index contributed by atoms with van der Waals surface area (Å²) in [4.78, 5) is 0. The van der Waals surface area contributed by atoms with E-state index in [-0.39, 0.29) is 0 Å². The third kappa shape index (κ3) is 3.23. The van der Waals surface area contributed by atoms with Gasteiger partial charge in [0, 0.05) is 0 Å². The first-order valence-electron chi connectivity index (χ1n) is 1.92. The summed E-state index contributed by atoms with van der Waals surface area (Å²) in [5.41, 5.74) is 0. The molecule has 8 heavy (non-hydrogen) atoms. The van der Waals surface area contributed by atoms with Crippen LogP contribution in [0.4, 0.5) is 0 Å². The maximum atomic E-state index is 4.94. The zero-order valence-electron chi connectivity index (χ0n) is 4.50. The molecule has 0 aromatic heterocycles. The Morgan fingerprint density at radius 2 is 2.38 bits per heavy atom. The maximum absolute atomic E-state index is 4.94. The van der Waals surface area contributed by atoms with E-state index in [1.54, 1.807) is 5.82 Å². The van der Waals surface area contributed by atoms with E-state index in [2.05, 4.69) is 28.7 Å². The molecule has 0 radical (unpaired) electrons. The lowest BCUT2D eigenvalue weighted by molar-refractivity contribution is 1.92. The summed E-state index contributed by atoms with van der Waals surface area (Å²) < 4.78 is 3.75. The Labute approximate surface area is 59.6 Å². The fraction of sp³-hybridized carbons (Fsp3) is 0.250. The number of hydrogen-bond acceptors (Lipinski definition) is 2. The van der Waals surface area contributed by atoms with Crippen LogP contribution in [-0.4, -0.2) is 11.8 Å². The molecule has 0 aromatic rings. The van der Waals surface area contributed by atoms with Crippen molar-refractivity contribution in [3.63, 3.8) is 0 Å². The van der Waals surface area contributed by atoms with E-state index in [4.69, 9.17) is 11.8 Å². The van der Waals surface area contributed by atoms with Gasteiger partial charge >= 0.3 is 0 Å². The van der Waals surface area contributed by atoms with Crippen molar-refractivity contribution in [1.82, 2.24) is 0 Å². The van der Waals surface area contributed by atoms with E-state index in [1.807, 2.05) is 6.66 Å². The average Bonchev–Trinajstić information content (AvgIpc) is 1.67. The molecule has 0 bridgehead atoms. The fourth-order valence-corrected chi connectivity index (χ4v) is 1.15. The molecule has 0 heterocycles. The predicted octanol–water partition coefficient (Wildman–Crippen LogP) is 2.26. The lowest BCUT2D eigenvalue weighted by atomic mass is 11.3. The largest absolute Gasteiger partial charge is 0.196 e. The second kappa shape index (κ2) is 3.26. The highest BCUT2D eigenvalue weighted by Gasteiger charge is 1.96. The SMILES string of the molecule is C=CP(C)(=S)N=C=S. The number of nitrogens with zero attached hydrogens (tertiary/aromatic N) is 1. The van der Waals surface area contributed by atoms with Crippen molar-refractivity contribution in [1.29, 1.82) is 0 Å². The summed E-state index contributed by atoms with van der Waals surface area (Å²) >= 11 is 9.30. The molecule has 0 spiro atoms. The van der Waals surface area contributed by atoms with E-state index in [0.29, 0.717) is 0 Å². The minimum atomic E-state index is -1.67. The molecule has 0 aromatic carbocycles. The van der Waals surface area contributed by atoms with E-state index in [1.165, 1.54) is 0 Å². The standard InChI is InChI=1S/C4H6NPS2/c1-3-6(2,8)5-4-7/h3H,1H2,2H3. The summed E-state index contributed by atoms with van der Waals surface area (Å²) in [7, 11) is 0. The molecule has 0 rings (SSSR count). The second-order valence-corrected chi connectivity index (χ2v) is 6.17. The Hall–Kier alpha value is 0.190. The lowest BCUT2D eigenvalue weighted by Crippen LogP contribution is -1.60. The van der Waals surface area contributed by atoms with Crippen molar-refractivity contribution in [2.24, 2.45) is 4.76 Å². The van der Waals surface area contributed by atoms with Gasteiger partial charge in [0.2, 0.25) is 0 Å². The Morgan fingerprint density at radius 1 is 1.88 bits per heavy atom. The smallest absolute Gasteiger partial charge is 0.0859 e. The van der Waals surface area contributed by atoms with E-state index < -0.39 is 6.19 Å². The predicted molar refractivity (Wildman–Crippen MR) is 45.4 cm³/mol. The lowest BCUT2D eigenvalue weighted by Gasteiger charge is -1.96. The zero-order chi connectivity index (χ0) is 6.62. The first-order chi connectivity index (χ1) is 3.62. The zero-order valence-corrected chi connectivity index (χ0v) is 7.02. The molecule has 0 saturated heterocycles. The summed E-state index contributed by atoms with van der Waals surface area (Å²) in [5.74, 6) is 1.65. The molecule has 0 aliphatic heterocycles. The monoisotopic (exact) mass is 163 g/mol. The molecule has 0 aliphatic rings. The molecular weight excluding hydrogens is 157 g/mol. The third-order valence-corrected chi connectivity index (χ3v) is 2.67. The Morgan fingerprint density at radius 3 is 2.50 bits per heavy atom. The third-order valence-electron chi connectivity index (χ3n) is 0.578. The van der Waals surface area contributed by atoms with Crippen LogP contribution >= 0.6 is 18.4 Å². The first-order valence-corrected chi connectivity index (χ1v) is 5.60. The normalized spacial score (nSPS) is 15.6. The van der Waals surface area contributed by atoms with Gasteiger partial charge in [0.1, 0.15) is 0 Å². The van der Waals surface area contributed by atoms with Crippen LogP contribution in [0.5, 0.6) is 0 Å². The summed E-state index contributed by atoms with van der Waals surface area (Å²) in [6, 6.07) is 0. The molecule has 1 unspecified atom stereocenters. The Bertz CT molecular complexity index is 180. The maximum Gasteiger partial charge on any atom is 0.0859 e. The molecule has 4 heteroatoms. The molecule has 0 fully saturated rings. The molecule has 1 atom stereocenters. The summed E-state index contributed by atoms with van der Waals surface area (Å²) in [5, 5.41) is 2.24. The van der Waals surface area contributed by atoms with Crippen LogP contribution in [0.1, 0.15) is 0 Å². The van der Waals surface area contributed by atoms with Gasteiger partial charge in [0.05, 0.1) is 11.3 Å². The van der Waals surface area contributed by atoms with Gasteiger partial charge in [-0.2, -0.15) is 4.76 Å². The quantitative estimate of drug-likeness (QED) is 0.351. The van der Waals surface area contributed by atoms with Crippen LogP contribution in [0.25, 0.3) is 0 Å². The Balaban J connectivity index is 4.38. The van der Waals surface area contributed by atoms with Crippen LogP contribution in [0, 0.1) is 0 Å². The van der Waals surface area contributed by atoms with Gasteiger partial charge in [0.15, 0.2) is 0 Å². The minimum absolute atomic E-state index is 1.65. The van der Waals surface area contributed by atoms with Gasteiger partial charge in [-0.3, -0.25) is 0 Å². The van der Waals surface area contributed by atoms with E-state index >= 15 is 0 Å². The average molecular weight is 163 g/mol. The highest BCUT2D eigenvalue weighted by molar-refractivity contribution is 8.15.